The van der Waals surface area contributed by atoms with Gasteiger partial charge in [0.25, 0.3) is 5.91 Å². The second kappa shape index (κ2) is 7.91. The molecular weight excluding hydrogens is 396 g/mol. The van der Waals surface area contributed by atoms with E-state index >= 15 is 0 Å². The van der Waals surface area contributed by atoms with Crippen LogP contribution in [0.5, 0.6) is 5.75 Å². The van der Waals surface area contributed by atoms with Crippen LogP contribution in [0, 0.1) is 6.92 Å². The van der Waals surface area contributed by atoms with Crippen molar-refractivity contribution in [2.75, 3.05) is 16.8 Å². The Morgan fingerprint density at radius 1 is 1.27 bits per heavy atom. The molecule has 2 aromatic rings. The molecule has 0 aromatic heterocycles. The minimum Gasteiger partial charge on any atom is -0.478 e. The highest BCUT2D eigenvalue weighted by Crippen LogP contribution is 2.34. The monoisotopic (exact) mass is 416 g/mol. The first kappa shape index (κ1) is 18.5. The Labute approximate surface area is 161 Å². The standard InChI is InChI=1S/C20H21BrN2O3/c1-3-17-20(25)23(16-6-4-5-7-18(16)26-17)11-10-19(24)22-14-8-9-15(21)13(2)12-14/h4-9,12,17H,3,10-11H2,1-2H3,(H,22,24). The quantitative estimate of drug-likeness (QED) is 0.790. The van der Waals surface area contributed by atoms with Gasteiger partial charge in [-0.05, 0) is 49.2 Å². The minimum atomic E-state index is -0.498. The number of halogens is 1. The van der Waals surface area contributed by atoms with Crippen LogP contribution in [0.15, 0.2) is 46.9 Å². The number of carbonyl (C=O) groups is 2. The fourth-order valence-electron chi connectivity index (χ4n) is 2.92. The molecule has 0 radical (unpaired) electrons. The Balaban J connectivity index is 1.68. The smallest absolute Gasteiger partial charge is 0.268 e. The van der Waals surface area contributed by atoms with Crippen LogP contribution in [0.4, 0.5) is 11.4 Å². The van der Waals surface area contributed by atoms with Gasteiger partial charge in [-0.3, -0.25) is 9.59 Å². The van der Waals surface area contributed by atoms with Crippen molar-refractivity contribution in [3.8, 4) is 5.75 Å². The maximum atomic E-state index is 12.6. The van der Waals surface area contributed by atoms with Crippen LogP contribution in [0.25, 0.3) is 0 Å². The molecule has 1 unspecified atom stereocenters. The van der Waals surface area contributed by atoms with E-state index in [0.717, 1.165) is 21.4 Å². The molecule has 0 aliphatic carbocycles. The molecule has 1 aliphatic rings. The summed E-state index contributed by atoms with van der Waals surface area (Å²) in [6.07, 6.45) is 0.307. The van der Waals surface area contributed by atoms with Gasteiger partial charge in [-0.25, -0.2) is 0 Å². The van der Waals surface area contributed by atoms with Crippen molar-refractivity contribution in [2.45, 2.75) is 32.8 Å². The van der Waals surface area contributed by atoms with Crippen molar-refractivity contribution in [3.63, 3.8) is 0 Å². The van der Waals surface area contributed by atoms with Crippen LogP contribution < -0.4 is 15.0 Å². The summed E-state index contributed by atoms with van der Waals surface area (Å²) in [6, 6.07) is 13.1. The van der Waals surface area contributed by atoms with Crippen molar-refractivity contribution in [3.05, 3.63) is 52.5 Å². The molecule has 26 heavy (non-hydrogen) atoms. The molecule has 0 bridgehead atoms. The zero-order valence-electron chi connectivity index (χ0n) is 14.8. The lowest BCUT2D eigenvalue weighted by Crippen LogP contribution is -2.46. The number of hydrogen-bond acceptors (Lipinski definition) is 3. The number of carbonyl (C=O) groups excluding carboxylic acids is 2. The fourth-order valence-corrected chi connectivity index (χ4v) is 3.17. The fraction of sp³-hybridized carbons (Fsp3) is 0.300. The van der Waals surface area contributed by atoms with E-state index in [9.17, 15) is 9.59 Å². The molecule has 0 saturated heterocycles. The molecule has 1 heterocycles. The Kier molecular flexibility index (Phi) is 5.61. The summed E-state index contributed by atoms with van der Waals surface area (Å²) in [4.78, 5) is 26.6. The molecule has 1 atom stereocenters. The summed E-state index contributed by atoms with van der Waals surface area (Å²) >= 11 is 3.44. The summed E-state index contributed by atoms with van der Waals surface area (Å²) in [5.41, 5.74) is 2.51. The Bertz CT molecular complexity index is 838. The van der Waals surface area contributed by atoms with E-state index in [1.807, 2.05) is 56.3 Å². The maximum absolute atomic E-state index is 12.6. The first-order chi connectivity index (χ1) is 12.5. The number of anilines is 2. The normalized spacial score (nSPS) is 16.0. The second-order valence-electron chi connectivity index (χ2n) is 6.23. The van der Waals surface area contributed by atoms with E-state index in [-0.39, 0.29) is 18.2 Å². The number of fused-ring (bicyclic) bond motifs is 1. The summed E-state index contributed by atoms with van der Waals surface area (Å²) < 4.78 is 6.75. The molecular formula is C20H21BrN2O3. The number of nitrogens with one attached hydrogen (secondary N) is 1. The molecule has 0 spiro atoms. The SMILES string of the molecule is CCC1Oc2ccccc2N(CCC(=O)Nc2ccc(Br)c(C)c2)C1=O. The Morgan fingerprint density at radius 3 is 2.77 bits per heavy atom. The number of ether oxygens (including phenoxy) is 1. The average molecular weight is 417 g/mol. The number of aryl methyl sites for hydroxylation is 1. The van der Waals surface area contributed by atoms with E-state index in [0.29, 0.717) is 18.7 Å². The van der Waals surface area contributed by atoms with Gasteiger partial charge >= 0.3 is 0 Å². The molecule has 2 aromatic carbocycles. The minimum absolute atomic E-state index is 0.0986. The molecule has 2 amide bonds. The molecule has 1 aliphatic heterocycles. The summed E-state index contributed by atoms with van der Waals surface area (Å²) in [5.74, 6) is 0.456. The largest absolute Gasteiger partial charge is 0.478 e. The van der Waals surface area contributed by atoms with Crippen molar-refractivity contribution in [1.29, 1.82) is 0 Å². The molecule has 0 saturated carbocycles. The van der Waals surface area contributed by atoms with Crippen LogP contribution in [-0.4, -0.2) is 24.5 Å². The van der Waals surface area contributed by atoms with Gasteiger partial charge in [-0.15, -0.1) is 0 Å². The third kappa shape index (κ3) is 3.90. The number of amides is 2. The van der Waals surface area contributed by atoms with Gasteiger partial charge in [-0.1, -0.05) is 35.0 Å². The van der Waals surface area contributed by atoms with Gasteiger partial charge in [0.1, 0.15) is 5.75 Å². The van der Waals surface area contributed by atoms with Crippen molar-refractivity contribution in [2.24, 2.45) is 0 Å². The predicted molar refractivity (Wildman–Crippen MR) is 106 cm³/mol. The van der Waals surface area contributed by atoms with Crippen molar-refractivity contribution in [1.82, 2.24) is 0 Å². The van der Waals surface area contributed by atoms with Crippen LogP contribution in [-0.2, 0) is 9.59 Å². The van der Waals surface area contributed by atoms with Crippen LogP contribution in [0.1, 0.15) is 25.3 Å². The van der Waals surface area contributed by atoms with Gasteiger partial charge in [0.15, 0.2) is 6.10 Å². The Hall–Kier alpha value is -2.34. The molecule has 3 rings (SSSR count). The molecule has 136 valence electrons. The Morgan fingerprint density at radius 2 is 2.04 bits per heavy atom. The summed E-state index contributed by atoms with van der Waals surface area (Å²) in [7, 11) is 0. The predicted octanol–water partition coefficient (Wildman–Crippen LogP) is 4.29. The van der Waals surface area contributed by atoms with E-state index in [1.165, 1.54) is 0 Å². The number of benzene rings is 2. The van der Waals surface area contributed by atoms with Gasteiger partial charge in [-0.2, -0.15) is 0 Å². The number of hydrogen-bond donors (Lipinski definition) is 1. The van der Waals surface area contributed by atoms with Crippen LogP contribution >= 0.6 is 15.9 Å². The first-order valence-corrected chi connectivity index (χ1v) is 9.42. The lowest BCUT2D eigenvalue weighted by Gasteiger charge is -2.33. The second-order valence-corrected chi connectivity index (χ2v) is 7.09. The number of nitrogens with zero attached hydrogens (tertiary/aromatic N) is 1. The highest BCUT2D eigenvalue weighted by Gasteiger charge is 2.33. The summed E-state index contributed by atoms with van der Waals surface area (Å²) in [6.45, 7) is 4.20. The first-order valence-electron chi connectivity index (χ1n) is 8.62. The highest BCUT2D eigenvalue weighted by atomic mass is 79.9. The number of rotatable bonds is 5. The highest BCUT2D eigenvalue weighted by molar-refractivity contribution is 9.10. The number of para-hydroxylation sites is 2. The lowest BCUT2D eigenvalue weighted by molar-refractivity contribution is -0.126. The van der Waals surface area contributed by atoms with Crippen molar-refractivity contribution < 1.29 is 14.3 Å². The van der Waals surface area contributed by atoms with Gasteiger partial charge < -0.3 is 15.0 Å². The topological polar surface area (TPSA) is 58.6 Å². The zero-order valence-corrected chi connectivity index (χ0v) is 16.4. The van der Waals surface area contributed by atoms with E-state index < -0.39 is 6.10 Å². The van der Waals surface area contributed by atoms with Crippen LogP contribution in [0.3, 0.4) is 0 Å². The summed E-state index contributed by atoms with van der Waals surface area (Å²) in [5, 5.41) is 2.88. The van der Waals surface area contributed by atoms with E-state index in [2.05, 4.69) is 21.2 Å². The van der Waals surface area contributed by atoms with E-state index in [4.69, 9.17) is 4.74 Å². The lowest BCUT2D eigenvalue weighted by atomic mass is 10.1. The zero-order chi connectivity index (χ0) is 18.7. The van der Waals surface area contributed by atoms with E-state index in [1.54, 1.807) is 4.90 Å². The molecule has 6 heteroatoms. The molecule has 5 nitrogen and oxygen atoms in total. The molecule has 1 N–H and O–H groups in total. The molecule has 0 fully saturated rings. The third-order valence-electron chi connectivity index (χ3n) is 4.34. The maximum Gasteiger partial charge on any atom is 0.268 e. The van der Waals surface area contributed by atoms with Gasteiger partial charge in [0.05, 0.1) is 5.69 Å². The van der Waals surface area contributed by atoms with Gasteiger partial charge in [0.2, 0.25) is 5.91 Å². The van der Waals surface area contributed by atoms with Crippen LogP contribution in [0.2, 0.25) is 0 Å². The van der Waals surface area contributed by atoms with Crippen molar-refractivity contribution >= 4 is 39.1 Å². The van der Waals surface area contributed by atoms with Gasteiger partial charge in [0, 0.05) is 23.1 Å². The third-order valence-corrected chi connectivity index (χ3v) is 5.23. The average Bonchev–Trinajstić information content (AvgIpc) is 2.63.